The van der Waals surface area contributed by atoms with Gasteiger partial charge in [0, 0.05) is 11.5 Å². The molecule has 1 N–H and O–H groups in total. The number of aliphatic carboxylic acids is 1. The lowest BCUT2D eigenvalue weighted by atomic mass is 9.78. The molecule has 0 saturated heterocycles. The third-order valence-corrected chi connectivity index (χ3v) is 4.12. The molecule has 3 heteroatoms. The van der Waals surface area contributed by atoms with E-state index in [0.29, 0.717) is 18.4 Å². The molecule has 0 amide bonds. The fourth-order valence-electron chi connectivity index (χ4n) is 2.73. The quantitative estimate of drug-likeness (QED) is 0.678. The van der Waals surface area contributed by atoms with Crippen LogP contribution < -0.4 is 0 Å². The van der Waals surface area contributed by atoms with Gasteiger partial charge in [-0.25, -0.2) is 0 Å². The summed E-state index contributed by atoms with van der Waals surface area (Å²) in [6.07, 6.45) is 4.71. The topological polar surface area (TPSA) is 54.4 Å². The van der Waals surface area contributed by atoms with Crippen LogP contribution in [0.1, 0.15) is 49.5 Å². The van der Waals surface area contributed by atoms with Gasteiger partial charge < -0.3 is 5.11 Å². The Morgan fingerprint density at radius 1 is 1.00 bits per heavy atom. The van der Waals surface area contributed by atoms with Crippen molar-refractivity contribution in [3.63, 3.8) is 0 Å². The van der Waals surface area contributed by atoms with Crippen molar-refractivity contribution in [2.45, 2.75) is 39.0 Å². The molecule has 1 aliphatic carbocycles. The fourth-order valence-corrected chi connectivity index (χ4v) is 2.73. The molecule has 2 atom stereocenters. The number of Topliss-reactive ketones (excluding diaryl/α,β-unsaturated/α-hetero) is 1. The molecule has 0 heterocycles. The summed E-state index contributed by atoms with van der Waals surface area (Å²) in [4.78, 5) is 23.9. The number of ketones is 1. The van der Waals surface area contributed by atoms with E-state index in [1.165, 1.54) is 0 Å². The van der Waals surface area contributed by atoms with E-state index in [2.05, 4.69) is 20.8 Å². The van der Waals surface area contributed by atoms with Crippen LogP contribution in [-0.4, -0.2) is 16.9 Å². The van der Waals surface area contributed by atoms with Crippen LogP contribution in [0.15, 0.2) is 36.4 Å². The van der Waals surface area contributed by atoms with Gasteiger partial charge in [-0.1, -0.05) is 57.2 Å². The normalized spacial score (nSPS) is 22.0. The van der Waals surface area contributed by atoms with Crippen molar-refractivity contribution < 1.29 is 14.7 Å². The number of hydrogen-bond donors (Lipinski definition) is 1. The van der Waals surface area contributed by atoms with Crippen LogP contribution in [0.3, 0.4) is 0 Å². The summed E-state index contributed by atoms with van der Waals surface area (Å²) >= 11 is 0. The van der Waals surface area contributed by atoms with Crippen LogP contribution in [0.5, 0.6) is 0 Å². The number of carbonyl (C=O) groups is 2. The van der Waals surface area contributed by atoms with E-state index in [0.717, 1.165) is 5.56 Å². The highest BCUT2D eigenvalue weighted by Gasteiger charge is 2.34. The molecule has 1 aliphatic rings. The third kappa shape index (κ3) is 3.41. The zero-order valence-corrected chi connectivity index (χ0v) is 12.8. The zero-order chi connectivity index (χ0) is 15.6. The molecule has 1 aromatic rings. The molecule has 2 unspecified atom stereocenters. The number of rotatable bonds is 3. The minimum Gasteiger partial charge on any atom is -0.481 e. The van der Waals surface area contributed by atoms with Gasteiger partial charge in [-0.3, -0.25) is 9.59 Å². The maximum absolute atomic E-state index is 12.6. The molecule has 112 valence electrons. The molecular weight excluding hydrogens is 264 g/mol. The summed E-state index contributed by atoms with van der Waals surface area (Å²) in [5, 5.41) is 9.27. The molecule has 0 spiro atoms. The smallest absolute Gasteiger partial charge is 0.307 e. The molecule has 2 rings (SSSR count). The van der Waals surface area contributed by atoms with Gasteiger partial charge in [-0.05, 0) is 23.8 Å². The summed E-state index contributed by atoms with van der Waals surface area (Å²) in [5.41, 5.74) is 1.81. The Morgan fingerprint density at radius 3 is 2.00 bits per heavy atom. The van der Waals surface area contributed by atoms with Crippen molar-refractivity contribution in [2.75, 3.05) is 0 Å². The summed E-state index contributed by atoms with van der Waals surface area (Å²) in [5.74, 6) is -2.01. The van der Waals surface area contributed by atoms with E-state index < -0.39 is 17.8 Å². The summed E-state index contributed by atoms with van der Waals surface area (Å²) in [7, 11) is 0. The summed E-state index contributed by atoms with van der Waals surface area (Å²) < 4.78 is 0. The van der Waals surface area contributed by atoms with Crippen molar-refractivity contribution in [1.82, 2.24) is 0 Å². The first-order chi connectivity index (χ1) is 9.80. The number of hydrogen-bond acceptors (Lipinski definition) is 2. The molecule has 3 nitrogen and oxygen atoms in total. The first kappa shape index (κ1) is 15.5. The van der Waals surface area contributed by atoms with Crippen LogP contribution >= 0.6 is 0 Å². The van der Waals surface area contributed by atoms with Gasteiger partial charge in [0.05, 0.1) is 5.92 Å². The minimum atomic E-state index is -0.885. The van der Waals surface area contributed by atoms with Gasteiger partial charge in [-0.2, -0.15) is 0 Å². The number of carbonyl (C=O) groups excluding carboxylic acids is 1. The highest BCUT2D eigenvalue weighted by atomic mass is 16.4. The van der Waals surface area contributed by atoms with E-state index in [1.807, 2.05) is 36.4 Å². The molecule has 0 fully saturated rings. The van der Waals surface area contributed by atoms with E-state index in [1.54, 1.807) is 0 Å². The lowest BCUT2D eigenvalue weighted by molar-refractivity contribution is -0.143. The molecule has 0 radical (unpaired) electrons. The predicted octanol–water partition coefficient (Wildman–Crippen LogP) is 3.83. The second-order valence-corrected chi connectivity index (χ2v) is 6.69. The Hall–Kier alpha value is -1.90. The van der Waals surface area contributed by atoms with Crippen molar-refractivity contribution in [3.8, 4) is 0 Å². The Bertz CT molecular complexity index is 561. The lowest BCUT2D eigenvalue weighted by Crippen LogP contribution is -2.31. The van der Waals surface area contributed by atoms with Gasteiger partial charge in [0.1, 0.15) is 0 Å². The van der Waals surface area contributed by atoms with E-state index in [-0.39, 0.29) is 11.2 Å². The SMILES string of the molecule is CC(C)(C)c1ccc(C(=O)C2CC=CCC2C(=O)O)cc1. The van der Waals surface area contributed by atoms with Gasteiger partial charge in [0.2, 0.25) is 0 Å². The highest BCUT2D eigenvalue weighted by molar-refractivity contribution is 6.00. The maximum atomic E-state index is 12.6. The predicted molar refractivity (Wildman–Crippen MR) is 82.5 cm³/mol. The molecule has 0 aromatic heterocycles. The number of carboxylic acids is 1. The Balaban J connectivity index is 2.23. The van der Waals surface area contributed by atoms with Gasteiger partial charge in [0.25, 0.3) is 0 Å². The van der Waals surface area contributed by atoms with Gasteiger partial charge in [-0.15, -0.1) is 0 Å². The van der Waals surface area contributed by atoms with Crippen molar-refractivity contribution in [1.29, 1.82) is 0 Å². The van der Waals surface area contributed by atoms with Crippen molar-refractivity contribution >= 4 is 11.8 Å². The number of carboxylic acid groups (broad SMARTS) is 1. The van der Waals surface area contributed by atoms with E-state index in [9.17, 15) is 14.7 Å². The van der Waals surface area contributed by atoms with Crippen molar-refractivity contribution in [3.05, 3.63) is 47.5 Å². The summed E-state index contributed by atoms with van der Waals surface area (Å²) in [6, 6.07) is 7.56. The zero-order valence-electron chi connectivity index (χ0n) is 12.8. The summed E-state index contributed by atoms with van der Waals surface area (Å²) in [6.45, 7) is 6.36. The van der Waals surface area contributed by atoms with Crippen molar-refractivity contribution in [2.24, 2.45) is 11.8 Å². The van der Waals surface area contributed by atoms with Crippen LogP contribution in [0.4, 0.5) is 0 Å². The number of benzene rings is 1. The van der Waals surface area contributed by atoms with Crippen LogP contribution in [0.2, 0.25) is 0 Å². The monoisotopic (exact) mass is 286 g/mol. The maximum Gasteiger partial charge on any atom is 0.307 e. The van der Waals surface area contributed by atoms with Gasteiger partial charge in [0.15, 0.2) is 5.78 Å². The molecular formula is C18H22O3. The molecule has 0 saturated carbocycles. The first-order valence-corrected chi connectivity index (χ1v) is 7.33. The highest BCUT2D eigenvalue weighted by Crippen LogP contribution is 2.30. The molecule has 1 aromatic carbocycles. The molecule has 0 bridgehead atoms. The second-order valence-electron chi connectivity index (χ2n) is 6.69. The Kier molecular flexibility index (Phi) is 4.31. The standard InChI is InChI=1S/C18H22O3/c1-18(2,3)13-10-8-12(9-11-13)16(19)14-6-4-5-7-15(14)17(20)21/h4-5,8-11,14-15H,6-7H2,1-3H3,(H,20,21). The van der Waals surface area contributed by atoms with Crippen LogP contribution in [0.25, 0.3) is 0 Å². The van der Waals surface area contributed by atoms with Crippen LogP contribution in [0, 0.1) is 11.8 Å². The van der Waals surface area contributed by atoms with Crippen LogP contribution in [-0.2, 0) is 10.2 Å². The minimum absolute atomic E-state index is 0.0404. The Labute approximate surface area is 125 Å². The van der Waals surface area contributed by atoms with E-state index >= 15 is 0 Å². The largest absolute Gasteiger partial charge is 0.481 e. The fraction of sp³-hybridized carbons (Fsp3) is 0.444. The molecule has 21 heavy (non-hydrogen) atoms. The van der Waals surface area contributed by atoms with E-state index in [4.69, 9.17) is 0 Å². The second kappa shape index (κ2) is 5.84. The first-order valence-electron chi connectivity index (χ1n) is 7.33. The average molecular weight is 286 g/mol. The Morgan fingerprint density at radius 2 is 1.52 bits per heavy atom. The average Bonchev–Trinajstić information content (AvgIpc) is 2.45. The number of allylic oxidation sites excluding steroid dienone is 2. The lowest BCUT2D eigenvalue weighted by Gasteiger charge is -2.24. The third-order valence-electron chi connectivity index (χ3n) is 4.12. The van der Waals surface area contributed by atoms with Gasteiger partial charge >= 0.3 is 5.97 Å². The molecule has 0 aliphatic heterocycles.